The molecule has 0 aliphatic carbocycles. The van der Waals surface area contributed by atoms with Crippen molar-refractivity contribution in [3.63, 3.8) is 0 Å². The topological polar surface area (TPSA) is 288 Å². The first-order valence-electron chi connectivity index (χ1n) is 18.2. The molecule has 302 valence electrons. The quantitative estimate of drug-likeness (QED) is 0.0344. The molecule has 0 spiro atoms. The van der Waals surface area contributed by atoms with Crippen LogP contribution in [0.3, 0.4) is 0 Å². The largest absolute Gasteiger partial charge is 0.370 e. The van der Waals surface area contributed by atoms with E-state index < -0.39 is 59.5 Å². The summed E-state index contributed by atoms with van der Waals surface area (Å²) in [6.07, 6.45) is 0.467. The Labute approximate surface area is 330 Å². The number of carbonyl (C=O) groups is 5. The fourth-order valence-electron chi connectivity index (χ4n) is 5.52. The third kappa shape index (κ3) is 16.5. The number of aliphatic imine (C=N–C) groups is 2. The van der Waals surface area contributed by atoms with Crippen LogP contribution in [0.5, 0.6) is 0 Å². The molecule has 5 amide bonds. The van der Waals surface area contributed by atoms with Gasteiger partial charge in [-0.25, -0.2) is 9.38 Å². The number of rotatable bonds is 19. The number of amides is 5. The molecule has 0 saturated heterocycles. The second kappa shape index (κ2) is 22.4. The van der Waals surface area contributed by atoms with Crippen molar-refractivity contribution < 1.29 is 28.4 Å². The van der Waals surface area contributed by atoms with Gasteiger partial charge in [0, 0.05) is 30.9 Å². The fraction of sp³-hybridized carbons (Fsp3) is 0.325. The highest BCUT2D eigenvalue weighted by molar-refractivity contribution is 5.99. The molecule has 0 aromatic heterocycles. The standard InChI is InChI=1S/C40H50FN11O5/c1-24(2)21-31(36(55)50-30(35(42)54)9-6-20-47-39(43)44)51-38(57)33(23-27-12-17-29(18-13-27)48-40(45)46)52-37(56)32(22-26-10-15-28(41)16-11-26)49-34(53)19-14-25-7-4-3-5-8-25/h3-5,7-8,10-13,15-18,24,30-33H,6,9,20-23H2,1-2H3,(H2,42,54)(H,49,53)(H,50,55)(H,51,57)(H,52,56)(H4,43,44,47)(H4,45,46,48)/t30-,31-,32-,33-/m0/s1. The molecule has 17 heteroatoms. The molecule has 4 atom stereocenters. The molecular weight excluding hydrogens is 734 g/mol. The van der Waals surface area contributed by atoms with Crippen LogP contribution in [0.25, 0.3) is 0 Å². The Balaban J connectivity index is 1.93. The van der Waals surface area contributed by atoms with E-state index in [1.807, 2.05) is 13.8 Å². The molecule has 0 aliphatic rings. The van der Waals surface area contributed by atoms with E-state index in [2.05, 4.69) is 43.1 Å². The lowest BCUT2D eigenvalue weighted by atomic mass is 9.99. The van der Waals surface area contributed by atoms with E-state index >= 15 is 0 Å². The van der Waals surface area contributed by atoms with Crippen LogP contribution in [0.15, 0.2) is 88.8 Å². The minimum absolute atomic E-state index is 0.0740. The van der Waals surface area contributed by atoms with Crippen molar-refractivity contribution in [1.82, 2.24) is 21.3 Å². The van der Waals surface area contributed by atoms with E-state index in [9.17, 15) is 28.4 Å². The van der Waals surface area contributed by atoms with Gasteiger partial charge in [-0.15, -0.1) is 0 Å². The third-order valence-electron chi connectivity index (χ3n) is 8.28. The van der Waals surface area contributed by atoms with Crippen molar-refractivity contribution in [2.24, 2.45) is 44.6 Å². The van der Waals surface area contributed by atoms with Crippen molar-refractivity contribution in [3.05, 3.63) is 101 Å². The molecule has 3 aromatic rings. The Morgan fingerprint density at radius 1 is 0.667 bits per heavy atom. The van der Waals surface area contributed by atoms with Crippen LogP contribution in [-0.4, -0.2) is 72.2 Å². The maximum Gasteiger partial charge on any atom is 0.296 e. The third-order valence-corrected chi connectivity index (χ3v) is 8.28. The van der Waals surface area contributed by atoms with Crippen LogP contribution < -0.4 is 49.9 Å². The number of nitrogens with one attached hydrogen (secondary N) is 4. The molecule has 14 N–H and O–H groups in total. The van der Waals surface area contributed by atoms with Gasteiger partial charge in [0.15, 0.2) is 11.9 Å². The predicted octanol–water partition coefficient (Wildman–Crippen LogP) is 0.0917. The normalized spacial score (nSPS) is 12.6. The first kappa shape index (κ1) is 44.4. The molecule has 0 radical (unpaired) electrons. The van der Waals surface area contributed by atoms with E-state index in [1.54, 1.807) is 54.6 Å². The van der Waals surface area contributed by atoms with E-state index in [-0.39, 0.29) is 50.1 Å². The Morgan fingerprint density at radius 3 is 1.74 bits per heavy atom. The molecule has 0 fully saturated rings. The average molecular weight is 784 g/mol. The zero-order valence-electron chi connectivity index (χ0n) is 31.8. The average Bonchev–Trinajstić information content (AvgIpc) is 3.15. The van der Waals surface area contributed by atoms with Crippen LogP contribution in [-0.2, 0) is 36.8 Å². The maximum absolute atomic E-state index is 14.1. The molecule has 16 nitrogen and oxygen atoms in total. The van der Waals surface area contributed by atoms with Gasteiger partial charge in [-0.2, -0.15) is 0 Å². The minimum Gasteiger partial charge on any atom is -0.370 e. The summed E-state index contributed by atoms with van der Waals surface area (Å²) in [5, 5.41) is 10.7. The van der Waals surface area contributed by atoms with Gasteiger partial charge in [-0.3, -0.25) is 29.0 Å². The summed E-state index contributed by atoms with van der Waals surface area (Å²) in [6.45, 7) is 3.88. The van der Waals surface area contributed by atoms with Crippen molar-refractivity contribution in [1.29, 1.82) is 0 Å². The second-order valence-electron chi connectivity index (χ2n) is 13.5. The molecule has 3 aromatic carbocycles. The summed E-state index contributed by atoms with van der Waals surface area (Å²) < 4.78 is 13.8. The second-order valence-corrected chi connectivity index (χ2v) is 13.5. The number of guanidine groups is 2. The predicted molar refractivity (Wildman–Crippen MR) is 215 cm³/mol. The van der Waals surface area contributed by atoms with Crippen LogP contribution >= 0.6 is 0 Å². The van der Waals surface area contributed by atoms with E-state index in [1.165, 1.54) is 24.3 Å². The van der Waals surface area contributed by atoms with Crippen LogP contribution in [0, 0.1) is 23.6 Å². The number of carbonyl (C=O) groups excluding carboxylic acids is 5. The zero-order chi connectivity index (χ0) is 41.9. The lowest BCUT2D eigenvalue weighted by molar-refractivity contribution is -0.134. The SMILES string of the molecule is CC(C)C[C@H](NC(=O)[C@H](Cc1ccc(N=C(N)N)cc1)NC(=O)[C@H](Cc1ccc(F)cc1)NC(=O)C#Cc1ccccc1)C(=O)N[C@@H](CCCN=C(N)N)C(N)=O. The Kier molecular flexibility index (Phi) is 17.5. The van der Waals surface area contributed by atoms with Gasteiger partial charge in [0.05, 0.1) is 5.69 Å². The minimum atomic E-state index is -1.30. The lowest BCUT2D eigenvalue weighted by Crippen LogP contribution is -2.59. The van der Waals surface area contributed by atoms with Crippen LogP contribution in [0.1, 0.15) is 49.8 Å². The summed E-state index contributed by atoms with van der Waals surface area (Å²) in [6, 6.07) is 15.9. The highest BCUT2D eigenvalue weighted by Gasteiger charge is 2.31. The number of halogens is 1. The summed E-state index contributed by atoms with van der Waals surface area (Å²) >= 11 is 0. The number of nitrogens with two attached hydrogens (primary N) is 5. The summed E-state index contributed by atoms with van der Waals surface area (Å²) in [4.78, 5) is 75.0. The van der Waals surface area contributed by atoms with E-state index in [4.69, 9.17) is 28.7 Å². The van der Waals surface area contributed by atoms with Crippen molar-refractivity contribution in [2.75, 3.05) is 6.54 Å². The smallest absolute Gasteiger partial charge is 0.296 e. The van der Waals surface area contributed by atoms with Gasteiger partial charge < -0.3 is 49.9 Å². The van der Waals surface area contributed by atoms with Crippen LogP contribution in [0.2, 0.25) is 0 Å². The summed E-state index contributed by atoms with van der Waals surface area (Å²) in [5.41, 5.74) is 29.4. The number of benzene rings is 3. The van der Waals surface area contributed by atoms with Crippen molar-refractivity contribution in [3.8, 4) is 11.8 Å². The molecule has 3 rings (SSSR count). The Morgan fingerprint density at radius 2 is 1.19 bits per heavy atom. The maximum atomic E-state index is 14.1. The highest BCUT2D eigenvalue weighted by atomic mass is 19.1. The lowest BCUT2D eigenvalue weighted by Gasteiger charge is -2.27. The van der Waals surface area contributed by atoms with Gasteiger partial charge in [0.1, 0.15) is 30.0 Å². The zero-order valence-corrected chi connectivity index (χ0v) is 31.8. The Hall–Kier alpha value is -6.96. The molecule has 0 saturated carbocycles. The molecule has 57 heavy (non-hydrogen) atoms. The van der Waals surface area contributed by atoms with E-state index in [0.29, 0.717) is 28.8 Å². The fourth-order valence-corrected chi connectivity index (χ4v) is 5.52. The number of hydrogen-bond donors (Lipinski definition) is 9. The van der Waals surface area contributed by atoms with Crippen molar-refractivity contribution >= 4 is 47.1 Å². The van der Waals surface area contributed by atoms with E-state index in [0.717, 1.165) is 0 Å². The van der Waals surface area contributed by atoms with Gasteiger partial charge in [-0.05, 0) is 72.7 Å². The van der Waals surface area contributed by atoms with Crippen molar-refractivity contribution in [2.45, 2.75) is 70.1 Å². The molecule has 0 aliphatic heterocycles. The molecule has 0 bridgehead atoms. The number of primary amides is 1. The Bertz CT molecular complexity index is 1950. The van der Waals surface area contributed by atoms with Gasteiger partial charge >= 0.3 is 0 Å². The first-order valence-corrected chi connectivity index (χ1v) is 18.2. The van der Waals surface area contributed by atoms with Gasteiger partial charge in [-0.1, -0.05) is 62.2 Å². The first-order chi connectivity index (χ1) is 27.1. The molecule has 0 heterocycles. The van der Waals surface area contributed by atoms with Crippen LogP contribution in [0.4, 0.5) is 10.1 Å². The summed E-state index contributed by atoms with van der Waals surface area (Å²) in [5.74, 6) is 0.609. The number of hydrogen-bond acceptors (Lipinski definition) is 7. The molecular formula is C40H50FN11O5. The monoisotopic (exact) mass is 783 g/mol. The molecule has 0 unspecified atom stereocenters. The number of nitrogens with zero attached hydrogens (tertiary/aromatic N) is 2. The van der Waals surface area contributed by atoms with Gasteiger partial charge in [0.25, 0.3) is 5.91 Å². The highest BCUT2D eigenvalue weighted by Crippen LogP contribution is 2.15. The summed E-state index contributed by atoms with van der Waals surface area (Å²) in [7, 11) is 0. The van der Waals surface area contributed by atoms with Gasteiger partial charge in [0.2, 0.25) is 23.6 Å².